The van der Waals surface area contributed by atoms with Crippen molar-refractivity contribution < 1.29 is 14.3 Å². The Morgan fingerprint density at radius 1 is 1.45 bits per heavy atom. The number of aliphatic hydroxyl groups excluding tert-OH is 1. The van der Waals surface area contributed by atoms with Crippen molar-refractivity contribution in [2.75, 3.05) is 5.75 Å². The Morgan fingerprint density at radius 3 is 2.97 bits per heavy atom. The molecule has 1 aromatic carbocycles. The van der Waals surface area contributed by atoms with E-state index < -0.39 is 23.9 Å². The van der Waals surface area contributed by atoms with Crippen molar-refractivity contribution in [1.29, 1.82) is 0 Å². The predicted molar refractivity (Wildman–Crippen MR) is 112 cm³/mol. The lowest BCUT2D eigenvalue weighted by Crippen LogP contribution is -2.33. The van der Waals surface area contributed by atoms with Crippen LogP contribution in [0.1, 0.15) is 47.2 Å². The zero-order chi connectivity index (χ0) is 22.0. The highest BCUT2D eigenvalue weighted by atomic mass is 32.2. The molecule has 31 heavy (non-hydrogen) atoms. The van der Waals surface area contributed by atoms with E-state index in [1.165, 1.54) is 35.5 Å². The van der Waals surface area contributed by atoms with Gasteiger partial charge in [-0.15, -0.1) is 11.8 Å². The van der Waals surface area contributed by atoms with E-state index in [1.807, 2.05) is 6.92 Å². The number of aromatic nitrogens is 5. The van der Waals surface area contributed by atoms with E-state index in [2.05, 4.69) is 25.4 Å². The molecule has 1 amide bonds. The number of hydrogen-bond donors (Lipinski definition) is 3. The maximum absolute atomic E-state index is 13.7. The first-order valence-corrected chi connectivity index (χ1v) is 10.7. The fourth-order valence-electron chi connectivity index (χ4n) is 3.54. The van der Waals surface area contributed by atoms with Crippen molar-refractivity contribution >= 4 is 17.7 Å². The summed E-state index contributed by atoms with van der Waals surface area (Å²) in [5, 5.41) is 16.4. The van der Waals surface area contributed by atoms with Crippen LogP contribution in [0.5, 0.6) is 0 Å². The molecule has 11 heteroatoms. The van der Waals surface area contributed by atoms with Crippen molar-refractivity contribution in [2.24, 2.45) is 0 Å². The number of amides is 1. The molecule has 1 saturated heterocycles. The Hall–Kier alpha value is -3.05. The highest BCUT2D eigenvalue weighted by molar-refractivity contribution is 8.00. The van der Waals surface area contributed by atoms with Crippen LogP contribution in [0.2, 0.25) is 0 Å². The summed E-state index contributed by atoms with van der Waals surface area (Å²) in [7, 11) is 0. The van der Waals surface area contributed by atoms with Gasteiger partial charge in [-0.3, -0.25) is 9.59 Å². The Labute approximate surface area is 181 Å². The van der Waals surface area contributed by atoms with Gasteiger partial charge >= 0.3 is 0 Å². The second kappa shape index (κ2) is 8.60. The maximum Gasteiger partial charge on any atom is 0.270 e. The molecule has 1 fully saturated rings. The molecule has 1 aliphatic heterocycles. The summed E-state index contributed by atoms with van der Waals surface area (Å²) in [6.07, 6.45) is 4.57. The van der Waals surface area contributed by atoms with Crippen LogP contribution in [-0.4, -0.2) is 41.5 Å². The number of H-pyrrole nitrogens is 1. The van der Waals surface area contributed by atoms with Crippen LogP contribution < -0.4 is 10.9 Å². The summed E-state index contributed by atoms with van der Waals surface area (Å²) in [5.74, 6) is 0.315. The third kappa shape index (κ3) is 4.23. The van der Waals surface area contributed by atoms with Gasteiger partial charge in [0.25, 0.3) is 11.5 Å². The number of nitrogens with one attached hydrogen (secondary N) is 2. The normalized spacial score (nSPS) is 18.3. The average molecular weight is 444 g/mol. The molecular formula is C20H21FN6O3S. The van der Waals surface area contributed by atoms with Crippen molar-refractivity contribution in [1.82, 2.24) is 30.0 Å². The maximum atomic E-state index is 13.7. The number of carbonyl (C=O) groups is 1. The highest BCUT2D eigenvalue weighted by Gasteiger charge is 2.35. The number of benzene rings is 1. The minimum absolute atomic E-state index is 0.0367. The monoisotopic (exact) mass is 444 g/mol. The van der Waals surface area contributed by atoms with E-state index in [0.29, 0.717) is 17.1 Å². The molecule has 0 spiro atoms. The van der Waals surface area contributed by atoms with E-state index >= 15 is 0 Å². The van der Waals surface area contributed by atoms with E-state index in [9.17, 15) is 19.1 Å². The quantitative estimate of drug-likeness (QED) is 0.528. The van der Waals surface area contributed by atoms with Gasteiger partial charge in [0.05, 0.1) is 22.6 Å². The molecule has 0 radical (unpaired) electrons. The molecule has 1 unspecified atom stereocenters. The summed E-state index contributed by atoms with van der Waals surface area (Å²) in [6, 6.07) is 4.10. The molecule has 0 aliphatic carbocycles. The Kier molecular flexibility index (Phi) is 5.88. The number of hydrogen-bond acceptors (Lipinski definition) is 7. The Balaban J connectivity index is 1.63. The first-order chi connectivity index (χ1) is 14.9. The molecule has 2 aromatic heterocycles. The smallest absolute Gasteiger partial charge is 0.270 e. The summed E-state index contributed by atoms with van der Waals surface area (Å²) in [6.45, 7) is 1.40. The van der Waals surface area contributed by atoms with Crippen LogP contribution in [0.4, 0.5) is 4.39 Å². The van der Waals surface area contributed by atoms with E-state index in [1.54, 1.807) is 11.8 Å². The van der Waals surface area contributed by atoms with Crippen molar-refractivity contribution in [3.8, 4) is 5.69 Å². The van der Waals surface area contributed by atoms with Gasteiger partial charge in [0.2, 0.25) is 0 Å². The van der Waals surface area contributed by atoms with Gasteiger partial charge in [-0.25, -0.2) is 19.0 Å². The molecule has 3 N–H and O–H groups in total. The van der Waals surface area contributed by atoms with Gasteiger partial charge < -0.3 is 15.4 Å². The second-order valence-electron chi connectivity index (χ2n) is 7.38. The van der Waals surface area contributed by atoms with Crippen molar-refractivity contribution in [3.05, 3.63) is 69.7 Å². The second-order valence-corrected chi connectivity index (χ2v) is 8.98. The van der Waals surface area contributed by atoms with Gasteiger partial charge in [-0.1, -0.05) is 6.07 Å². The summed E-state index contributed by atoms with van der Waals surface area (Å²) in [4.78, 5) is 36.5. The molecule has 9 nitrogen and oxygen atoms in total. The van der Waals surface area contributed by atoms with Gasteiger partial charge in [0, 0.05) is 6.54 Å². The van der Waals surface area contributed by atoms with Crippen molar-refractivity contribution in [2.45, 2.75) is 37.7 Å². The average Bonchev–Trinajstić information content (AvgIpc) is 3.44. The third-order valence-electron chi connectivity index (χ3n) is 5.26. The van der Waals surface area contributed by atoms with Gasteiger partial charge in [0.15, 0.2) is 0 Å². The summed E-state index contributed by atoms with van der Waals surface area (Å²) >= 11 is 1.67. The predicted octanol–water partition coefficient (Wildman–Crippen LogP) is 1.65. The standard InChI is InChI=1S/C20H21FN6O3S/c1-20(5-2-6-31-20)19-25-16(14(9-28)17(29)26-19)18(30)23-8-12-3-4-13(21)7-15(12)27-11-22-10-24-27/h3-4,7,10-11,28H,2,5-6,8-9H2,1H3,(H,23,30)(H,25,26,29). The summed E-state index contributed by atoms with van der Waals surface area (Å²) in [5.41, 5.74) is 0.281. The van der Waals surface area contributed by atoms with Gasteiger partial charge in [0.1, 0.15) is 30.0 Å². The largest absolute Gasteiger partial charge is 0.391 e. The third-order valence-corrected chi connectivity index (χ3v) is 6.79. The van der Waals surface area contributed by atoms with Crippen LogP contribution in [0.15, 0.2) is 35.6 Å². The molecule has 162 valence electrons. The molecule has 0 bridgehead atoms. The first-order valence-electron chi connectivity index (χ1n) is 9.71. The van der Waals surface area contributed by atoms with Crippen LogP contribution in [-0.2, 0) is 17.9 Å². The molecule has 0 saturated carbocycles. The first kappa shape index (κ1) is 21.2. The molecule has 1 aliphatic rings. The number of halogens is 1. The van der Waals surface area contributed by atoms with Crippen LogP contribution in [0.25, 0.3) is 5.69 Å². The zero-order valence-electron chi connectivity index (χ0n) is 16.8. The van der Waals surface area contributed by atoms with E-state index in [0.717, 1.165) is 18.6 Å². The minimum Gasteiger partial charge on any atom is -0.391 e. The van der Waals surface area contributed by atoms with Crippen molar-refractivity contribution in [3.63, 3.8) is 0 Å². The Bertz CT molecular complexity index is 1160. The van der Waals surface area contributed by atoms with Crippen LogP contribution in [0, 0.1) is 5.82 Å². The topological polar surface area (TPSA) is 126 Å². The fourth-order valence-corrected chi connectivity index (χ4v) is 4.80. The Morgan fingerprint density at radius 2 is 2.29 bits per heavy atom. The fraction of sp³-hybridized carbons (Fsp3) is 0.350. The molecule has 1 atom stereocenters. The van der Waals surface area contributed by atoms with Gasteiger partial charge in [-0.05, 0) is 43.2 Å². The SMILES string of the molecule is CC1(c2nc(C(=O)NCc3ccc(F)cc3-n3cncn3)c(CO)c(=O)[nH]2)CCCS1. The van der Waals surface area contributed by atoms with Gasteiger partial charge in [-0.2, -0.15) is 5.10 Å². The molecule has 3 aromatic rings. The number of nitrogens with zero attached hydrogens (tertiary/aromatic N) is 4. The molecule has 3 heterocycles. The number of aromatic amines is 1. The number of carbonyl (C=O) groups excluding carboxylic acids is 1. The lowest BCUT2D eigenvalue weighted by atomic mass is 10.0. The lowest BCUT2D eigenvalue weighted by Gasteiger charge is -2.22. The number of thioether (sulfide) groups is 1. The zero-order valence-corrected chi connectivity index (χ0v) is 17.6. The highest BCUT2D eigenvalue weighted by Crippen LogP contribution is 2.44. The van der Waals surface area contributed by atoms with Crippen LogP contribution in [0.3, 0.4) is 0 Å². The molecule has 4 rings (SSSR count). The minimum atomic E-state index is -0.615. The van der Waals surface area contributed by atoms with E-state index in [-0.39, 0.29) is 22.5 Å². The van der Waals surface area contributed by atoms with E-state index in [4.69, 9.17) is 0 Å². The van der Waals surface area contributed by atoms with Crippen LogP contribution >= 0.6 is 11.8 Å². The lowest BCUT2D eigenvalue weighted by molar-refractivity contribution is 0.0941. The summed E-state index contributed by atoms with van der Waals surface area (Å²) < 4.78 is 14.8. The number of aliphatic hydroxyl groups is 1. The number of rotatable bonds is 6. The molecular weight excluding hydrogens is 423 g/mol.